The standard InChI is InChI=1S/C14H16ClNO3S2/c1-10(8-11-4-3-7-20-11)16-21(17,18)12-5-6-14(19-2)13(15)9-12/h3-7,9-10,16H,8H2,1-2H3/t10-/m1/s1. The first-order valence-corrected chi connectivity index (χ1v) is 9.04. The van der Waals surface area contributed by atoms with Gasteiger partial charge in [0.1, 0.15) is 5.75 Å². The minimum atomic E-state index is -3.60. The lowest BCUT2D eigenvalue weighted by Crippen LogP contribution is -2.33. The van der Waals surface area contributed by atoms with E-state index in [1.165, 1.54) is 19.2 Å². The molecule has 0 aliphatic rings. The van der Waals surface area contributed by atoms with Gasteiger partial charge in [-0.25, -0.2) is 13.1 Å². The molecule has 4 nitrogen and oxygen atoms in total. The van der Waals surface area contributed by atoms with Gasteiger partial charge in [-0.3, -0.25) is 0 Å². The summed E-state index contributed by atoms with van der Waals surface area (Å²) in [5.74, 6) is 0.447. The van der Waals surface area contributed by atoms with Crippen molar-refractivity contribution in [2.75, 3.05) is 7.11 Å². The molecular weight excluding hydrogens is 330 g/mol. The van der Waals surface area contributed by atoms with Gasteiger partial charge in [-0.05, 0) is 43.0 Å². The zero-order chi connectivity index (χ0) is 15.5. The Morgan fingerprint density at radius 1 is 1.38 bits per heavy atom. The van der Waals surface area contributed by atoms with Crippen LogP contribution in [0, 0.1) is 0 Å². The summed E-state index contributed by atoms with van der Waals surface area (Å²) in [4.78, 5) is 1.27. The first kappa shape index (κ1) is 16.3. The van der Waals surface area contributed by atoms with Crippen molar-refractivity contribution in [3.63, 3.8) is 0 Å². The van der Waals surface area contributed by atoms with Crippen LogP contribution in [0.3, 0.4) is 0 Å². The van der Waals surface area contributed by atoms with Gasteiger partial charge in [0.25, 0.3) is 0 Å². The maximum absolute atomic E-state index is 12.3. The van der Waals surface area contributed by atoms with Gasteiger partial charge in [0.15, 0.2) is 0 Å². The van der Waals surface area contributed by atoms with Gasteiger partial charge in [-0.15, -0.1) is 11.3 Å². The van der Waals surface area contributed by atoms with Crippen LogP contribution in [0.2, 0.25) is 5.02 Å². The van der Waals surface area contributed by atoms with Crippen LogP contribution in [0.5, 0.6) is 5.75 Å². The van der Waals surface area contributed by atoms with Crippen LogP contribution in [0.15, 0.2) is 40.6 Å². The maximum atomic E-state index is 12.3. The predicted octanol–water partition coefficient (Wildman–Crippen LogP) is 3.32. The molecule has 1 aromatic carbocycles. The van der Waals surface area contributed by atoms with Crippen molar-refractivity contribution in [1.82, 2.24) is 4.72 Å². The fraction of sp³-hybridized carbons (Fsp3) is 0.286. The zero-order valence-electron chi connectivity index (χ0n) is 11.7. The molecule has 0 amide bonds. The van der Waals surface area contributed by atoms with E-state index in [1.807, 2.05) is 24.4 Å². The Hall–Kier alpha value is -1.08. The highest BCUT2D eigenvalue weighted by molar-refractivity contribution is 7.89. The summed E-state index contributed by atoms with van der Waals surface area (Å²) in [6.07, 6.45) is 0.654. The summed E-state index contributed by atoms with van der Waals surface area (Å²) in [7, 11) is -2.11. The van der Waals surface area contributed by atoms with E-state index in [9.17, 15) is 8.42 Å². The molecule has 1 N–H and O–H groups in total. The number of benzene rings is 1. The van der Waals surface area contributed by atoms with E-state index in [1.54, 1.807) is 17.4 Å². The summed E-state index contributed by atoms with van der Waals surface area (Å²) in [6.45, 7) is 1.84. The van der Waals surface area contributed by atoms with Crippen molar-refractivity contribution in [2.45, 2.75) is 24.3 Å². The Morgan fingerprint density at radius 2 is 2.14 bits per heavy atom. The second-order valence-electron chi connectivity index (χ2n) is 4.60. The predicted molar refractivity (Wildman–Crippen MR) is 85.8 cm³/mol. The first-order chi connectivity index (χ1) is 9.92. The number of nitrogens with one attached hydrogen (secondary N) is 1. The summed E-state index contributed by atoms with van der Waals surface area (Å²) in [5.41, 5.74) is 0. The molecule has 1 aromatic heterocycles. The number of methoxy groups -OCH3 is 1. The van der Waals surface area contributed by atoms with Crippen LogP contribution >= 0.6 is 22.9 Å². The monoisotopic (exact) mass is 345 g/mol. The smallest absolute Gasteiger partial charge is 0.240 e. The van der Waals surface area contributed by atoms with Gasteiger partial charge < -0.3 is 4.74 Å². The van der Waals surface area contributed by atoms with Crippen molar-refractivity contribution in [1.29, 1.82) is 0 Å². The van der Waals surface area contributed by atoms with E-state index in [0.717, 1.165) is 4.88 Å². The third kappa shape index (κ3) is 4.20. The largest absolute Gasteiger partial charge is 0.495 e. The second kappa shape index (κ2) is 6.79. The first-order valence-electron chi connectivity index (χ1n) is 6.30. The third-order valence-corrected chi connectivity index (χ3v) is 5.66. The fourth-order valence-electron chi connectivity index (χ4n) is 1.92. The molecule has 0 bridgehead atoms. The van der Waals surface area contributed by atoms with Crippen molar-refractivity contribution in [2.24, 2.45) is 0 Å². The highest BCUT2D eigenvalue weighted by Gasteiger charge is 2.19. The van der Waals surface area contributed by atoms with E-state index in [2.05, 4.69) is 4.72 Å². The lowest BCUT2D eigenvalue weighted by Gasteiger charge is -2.14. The van der Waals surface area contributed by atoms with Gasteiger partial charge >= 0.3 is 0 Å². The number of hydrogen-bond acceptors (Lipinski definition) is 4. The van der Waals surface area contributed by atoms with Crippen molar-refractivity contribution >= 4 is 33.0 Å². The van der Waals surface area contributed by atoms with E-state index in [-0.39, 0.29) is 16.0 Å². The number of thiophene rings is 1. The molecule has 1 heterocycles. The van der Waals surface area contributed by atoms with E-state index in [4.69, 9.17) is 16.3 Å². The lowest BCUT2D eigenvalue weighted by atomic mass is 10.2. The van der Waals surface area contributed by atoms with Crippen LogP contribution < -0.4 is 9.46 Å². The Bertz CT molecular complexity index is 699. The zero-order valence-corrected chi connectivity index (χ0v) is 14.1. The topological polar surface area (TPSA) is 55.4 Å². The van der Waals surface area contributed by atoms with Crippen LogP contribution in [-0.2, 0) is 16.4 Å². The summed E-state index contributed by atoms with van der Waals surface area (Å²) in [6, 6.07) is 8.14. The molecule has 2 aromatic rings. The van der Waals surface area contributed by atoms with E-state index < -0.39 is 10.0 Å². The Kier molecular flexibility index (Phi) is 5.27. The number of rotatable bonds is 6. The second-order valence-corrected chi connectivity index (χ2v) is 7.76. The highest BCUT2D eigenvalue weighted by Crippen LogP contribution is 2.27. The quantitative estimate of drug-likeness (QED) is 0.873. The molecule has 7 heteroatoms. The van der Waals surface area contributed by atoms with Crippen molar-refractivity contribution in [3.05, 3.63) is 45.6 Å². The average Bonchev–Trinajstić information content (AvgIpc) is 2.90. The van der Waals surface area contributed by atoms with Gasteiger partial charge in [-0.2, -0.15) is 0 Å². The molecule has 1 atom stereocenters. The van der Waals surface area contributed by atoms with Crippen LogP contribution in [-0.4, -0.2) is 21.6 Å². The molecule has 2 rings (SSSR count). The molecule has 0 fully saturated rings. The summed E-state index contributed by atoms with van der Waals surface area (Å²) >= 11 is 7.58. The minimum absolute atomic E-state index is 0.131. The molecular formula is C14H16ClNO3S2. The SMILES string of the molecule is COc1ccc(S(=O)(=O)N[C@H](C)Cc2cccs2)cc1Cl. The Labute approximate surface area is 133 Å². The van der Waals surface area contributed by atoms with Crippen LogP contribution in [0.4, 0.5) is 0 Å². The van der Waals surface area contributed by atoms with Gasteiger partial charge in [0.2, 0.25) is 10.0 Å². The maximum Gasteiger partial charge on any atom is 0.240 e. The van der Waals surface area contributed by atoms with E-state index in [0.29, 0.717) is 12.2 Å². The van der Waals surface area contributed by atoms with Gasteiger partial charge in [0, 0.05) is 10.9 Å². The van der Waals surface area contributed by atoms with Crippen molar-refractivity contribution < 1.29 is 13.2 Å². The number of sulfonamides is 1. The molecule has 0 radical (unpaired) electrons. The minimum Gasteiger partial charge on any atom is -0.495 e. The van der Waals surface area contributed by atoms with Crippen LogP contribution in [0.1, 0.15) is 11.8 Å². The molecule has 0 saturated heterocycles. The van der Waals surface area contributed by atoms with Crippen LogP contribution in [0.25, 0.3) is 0 Å². The molecule has 114 valence electrons. The number of halogens is 1. The molecule has 0 aliphatic heterocycles. The summed E-state index contributed by atoms with van der Waals surface area (Å²) < 4.78 is 32.3. The fourth-order valence-corrected chi connectivity index (χ4v) is 4.35. The molecule has 0 unspecified atom stereocenters. The average molecular weight is 346 g/mol. The normalized spacial score (nSPS) is 13.1. The summed E-state index contributed by atoms with van der Waals surface area (Å²) in [5, 5.41) is 2.24. The lowest BCUT2D eigenvalue weighted by molar-refractivity contribution is 0.414. The van der Waals surface area contributed by atoms with Gasteiger partial charge in [-0.1, -0.05) is 17.7 Å². The number of hydrogen-bond donors (Lipinski definition) is 1. The van der Waals surface area contributed by atoms with E-state index >= 15 is 0 Å². The molecule has 21 heavy (non-hydrogen) atoms. The molecule has 0 aliphatic carbocycles. The third-order valence-electron chi connectivity index (χ3n) is 2.88. The molecule has 0 saturated carbocycles. The highest BCUT2D eigenvalue weighted by atomic mass is 35.5. The van der Waals surface area contributed by atoms with Crippen molar-refractivity contribution in [3.8, 4) is 5.75 Å². The molecule has 0 spiro atoms. The number of ether oxygens (including phenoxy) is 1. The van der Waals surface area contributed by atoms with Gasteiger partial charge in [0.05, 0.1) is 17.0 Å². The Balaban J connectivity index is 2.12. The Morgan fingerprint density at radius 3 is 2.71 bits per heavy atom.